The van der Waals surface area contributed by atoms with Gasteiger partial charge in [-0.2, -0.15) is 0 Å². The smallest absolute Gasteiger partial charge is 0.136 e. The molecule has 0 saturated carbocycles. The highest BCUT2D eigenvalue weighted by Crippen LogP contribution is 2.36. The van der Waals surface area contributed by atoms with Gasteiger partial charge in [0.05, 0.1) is 7.11 Å². The van der Waals surface area contributed by atoms with E-state index in [9.17, 15) is 0 Å². The third kappa shape index (κ3) is 1.88. The van der Waals surface area contributed by atoms with Crippen LogP contribution >= 0.6 is 0 Å². The Kier molecular flexibility index (Phi) is 2.68. The van der Waals surface area contributed by atoms with Crippen molar-refractivity contribution in [3.8, 4) is 17.1 Å². The van der Waals surface area contributed by atoms with Crippen molar-refractivity contribution in [2.24, 2.45) is 0 Å². The van der Waals surface area contributed by atoms with Gasteiger partial charge in [-0.3, -0.25) is 0 Å². The molecule has 0 fully saturated rings. The van der Waals surface area contributed by atoms with Gasteiger partial charge in [0.2, 0.25) is 0 Å². The lowest BCUT2D eigenvalue weighted by atomic mass is 10.0. The van der Waals surface area contributed by atoms with E-state index in [1.807, 2.05) is 36.4 Å². The Hall–Kier alpha value is -2.74. The molecule has 0 saturated heterocycles. The van der Waals surface area contributed by atoms with E-state index in [2.05, 4.69) is 30.3 Å². The molecule has 0 aliphatic rings. The Balaban J connectivity index is 2.02. The highest BCUT2D eigenvalue weighted by atomic mass is 16.5. The molecule has 0 atom stereocenters. The largest absolute Gasteiger partial charge is 0.496 e. The number of para-hydroxylation sites is 1. The zero-order chi connectivity index (χ0) is 14.2. The molecule has 0 aliphatic heterocycles. The van der Waals surface area contributed by atoms with Crippen LogP contribution in [0, 0.1) is 0 Å². The molecule has 2 heteroatoms. The number of methoxy groups -OCH3 is 1. The molecule has 0 spiro atoms. The molecule has 0 N–H and O–H groups in total. The molecule has 0 bridgehead atoms. The monoisotopic (exact) mass is 274 g/mol. The normalized spacial score (nSPS) is 11.1. The number of hydrogen-bond acceptors (Lipinski definition) is 2. The highest BCUT2D eigenvalue weighted by molar-refractivity contribution is 6.00. The molecule has 2 nitrogen and oxygen atoms in total. The van der Waals surface area contributed by atoms with Gasteiger partial charge < -0.3 is 9.15 Å². The zero-order valence-corrected chi connectivity index (χ0v) is 11.7. The number of hydrogen-bond donors (Lipinski definition) is 0. The van der Waals surface area contributed by atoms with Crippen LogP contribution in [0.2, 0.25) is 0 Å². The minimum atomic E-state index is 0.880. The summed E-state index contributed by atoms with van der Waals surface area (Å²) < 4.78 is 11.4. The van der Waals surface area contributed by atoms with Crippen LogP contribution in [0.25, 0.3) is 33.1 Å². The molecule has 1 aromatic heterocycles. The molecule has 0 aliphatic carbocycles. The third-order valence-corrected chi connectivity index (χ3v) is 3.79. The molecule has 1 heterocycles. The number of fused-ring (bicyclic) bond motifs is 2. The molecule has 0 radical (unpaired) electrons. The predicted octanol–water partition coefficient (Wildman–Crippen LogP) is 5.26. The lowest BCUT2D eigenvalue weighted by Gasteiger charge is -2.08. The van der Waals surface area contributed by atoms with Crippen molar-refractivity contribution < 1.29 is 9.15 Å². The van der Waals surface area contributed by atoms with Crippen molar-refractivity contribution >= 4 is 21.7 Å². The fourth-order valence-corrected chi connectivity index (χ4v) is 2.78. The second-order valence-electron chi connectivity index (χ2n) is 5.01. The van der Waals surface area contributed by atoms with Crippen molar-refractivity contribution in [2.45, 2.75) is 0 Å². The highest BCUT2D eigenvalue weighted by Gasteiger charge is 2.11. The molecule has 3 aromatic carbocycles. The van der Waals surface area contributed by atoms with E-state index in [1.54, 1.807) is 7.11 Å². The standard InChI is InChI=1S/C19H14O2/c1-20-18-11-10-16(14-7-3-4-8-15(14)18)19-12-13-6-2-5-9-17(13)21-19/h2-12H,1H3. The number of rotatable bonds is 2. The van der Waals surface area contributed by atoms with Gasteiger partial charge in [-0.15, -0.1) is 0 Å². The van der Waals surface area contributed by atoms with Gasteiger partial charge >= 0.3 is 0 Å². The van der Waals surface area contributed by atoms with E-state index >= 15 is 0 Å². The number of benzene rings is 3. The van der Waals surface area contributed by atoms with Gasteiger partial charge in [0, 0.05) is 16.3 Å². The fourth-order valence-electron chi connectivity index (χ4n) is 2.78. The average Bonchev–Trinajstić information content (AvgIpc) is 2.97. The van der Waals surface area contributed by atoms with Crippen LogP contribution in [0.5, 0.6) is 5.75 Å². The quantitative estimate of drug-likeness (QED) is 0.497. The van der Waals surface area contributed by atoms with Crippen LogP contribution < -0.4 is 4.74 Å². The SMILES string of the molecule is COc1ccc(-c2cc3ccccc3o2)c2ccccc12. The number of furan rings is 1. The third-order valence-electron chi connectivity index (χ3n) is 3.79. The van der Waals surface area contributed by atoms with Crippen molar-refractivity contribution in [2.75, 3.05) is 7.11 Å². The van der Waals surface area contributed by atoms with Gasteiger partial charge in [-0.05, 0) is 29.7 Å². The molecule has 0 unspecified atom stereocenters. The summed E-state index contributed by atoms with van der Waals surface area (Å²) in [5, 5.41) is 3.35. The maximum atomic E-state index is 5.99. The lowest BCUT2D eigenvalue weighted by molar-refractivity contribution is 0.420. The molecule has 0 amide bonds. The van der Waals surface area contributed by atoms with Crippen LogP contribution in [0.4, 0.5) is 0 Å². The van der Waals surface area contributed by atoms with E-state index in [0.29, 0.717) is 0 Å². The zero-order valence-electron chi connectivity index (χ0n) is 11.7. The van der Waals surface area contributed by atoms with E-state index in [0.717, 1.165) is 38.8 Å². The molecular weight excluding hydrogens is 260 g/mol. The molecular formula is C19H14O2. The minimum Gasteiger partial charge on any atom is -0.496 e. The summed E-state index contributed by atoms with van der Waals surface area (Å²) in [5.41, 5.74) is 2.00. The number of ether oxygens (including phenoxy) is 1. The van der Waals surface area contributed by atoms with Gasteiger partial charge in [0.1, 0.15) is 17.1 Å². The fraction of sp³-hybridized carbons (Fsp3) is 0.0526. The summed E-state index contributed by atoms with van der Waals surface area (Å²) in [5.74, 6) is 1.76. The Morgan fingerprint density at radius 2 is 1.57 bits per heavy atom. The van der Waals surface area contributed by atoms with Crippen molar-refractivity contribution in [3.05, 3.63) is 66.7 Å². The molecule has 21 heavy (non-hydrogen) atoms. The first-order valence-electron chi connectivity index (χ1n) is 6.91. The first-order valence-corrected chi connectivity index (χ1v) is 6.91. The summed E-state index contributed by atoms with van der Waals surface area (Å²) in [4.78, 5) is 0. The van der Waals surface area contributed by atoms with Crippen LogP contribution in [0.3, 0.4) is 0 Å². The van der Waals surface area contributed by atoms with Crippen molar-refractivity contribution in [1.29, 1.82) is 0 Å². The van der Waals surface area contributed by atoms with Gasteiger partial charge in [0.15, 0.2) is 0 Å². The second kappa shape index (κ2) is 4.67. The Bertz CT molecular complexity index is 902. The maximum absolute atomic E-state index is 5.99. The summed E-state index contributed by atoms with van der Waals surface area (Å²) in [6, 6.07) is 22.4. The van der Waals surface area contributed by atoms with Crippen molar-refractivity contribution in [1.82, 2.24) is 0 Å². The van der Waals surface area contributed by atoms with Crippen molar-refractivity contribution in [3.63, 3.8) is 0 Å². The summed E-state index contributed by atoms with van der Waals surface area (Å²) >= 11 is 0. The van der Waals surface area contributed by atoms with Crippen LogP contribution in [-0.4, -0.2) is 7.11 Å². The van der Waals surface area contributed by atoms with E-state index < -0.39 is 0 Å². The summed E-state index contributed by atoms with van der Waals surface area (Å²) in [6.07, 6.45) is 0. The average molecular weight is 274 g/mol. The molecule has 4 rings (SSSR count). The first-order chi connectivity index (χ1) is 10.4. The molecule has 4 aromatic rings. The van der Waals surface area contributed by atoms with E-state index in [4.69, 9.17) is 9.15 Å². The Morgan fingerprint density at radius 3 is 2.38 bits per heavy atom. The van der Waals surface area contributed by atoms with Gasteiger partial charge in [0.25, 0.3) is 0 Å². The van der Waals surface area contributed by atoms with Crippen LogP contribution in [0.1, 0.15) is 0 Å². The summed E-state index contributed by atoms with van der Waals surface area (Å²) in [6.45, 7) is 0. The first kappa shape index (κ1) is 12.0. The van der Waals surface area contributed by atoms with Crippen LogP contribution in [0.15, 0.2) is 71.1 Å². The lowest BCUT2D eigenvalue weighted by Crippen LogP contribution is -1.86. The van der Waals surface area contributed by atoms with Crippen LogP contribution in [-0.2, 0) is 0 Å². The predicted molar refractivity (Wildman–Crippen MR) is 85.7 cm³/mol. The van der Waals surface area contributed by atoms with E-state index in [-0.39, 0.29) is 0 Å². The van der Waals surface area contributed by atoms with E-state index in [1.165, 1.54) is 0 Å². The summed E-state index contributed by atoms with van der Waals surface area (Å²) in [7, 11) is 1.70. The second-order valence-corrected chi connectivity index (χ2v) is 5.01. The van der Waals surface area contributed by atoms with Gasteiger partial charge in [-0.25, -0.2) is 0 Å². The Labute approximate surface area is 122 Å². The minimum absolute atomic E-state index is 0.880. The van der Waals surface area contributed by atoms with Gasteiger partial charge in [-0.1, -0.05) is 42.5 Å². The topological polar surface area (TPSA) is 22.4 Å². The Morgan fingerprint density at radius 1 is 0.810 bits per heavy atom. The molecule has 102 valence electrons. The maximum Gasteiger partial charge on any atom is 0.136 e.